The molecule has 6 heteroatoms. The fourth-order valence-electron chi connectivity index (χ4n) is 3.48. The Bertz CT molecular complexity index is 821. The first-order valence-corrected chi connectivity index (χ1v) is 11.7. The van der Waals surface area contributed by atoms with E-state index in [2.05, 4.69) is 4.90 Å². The number of likely N-dealkylation sites (tertiary alicyclic amines) is 1. The maximum absolute atomic E-state index is 11.5. The van der Waals surface area contributed by atoms with E-state index in [9.17, 15) is 8.42 Å². The van der Waals surface area contributed by atoms with Crippen molar-refractivity contribution in [3.8, 4) is 11.5 Å². The average molecular weight is 404 g/mol. The van der Waals surface area contributed by atoms with Crippen molar-refractivity contribution in [1.82, 2.24) is 4.90 Å². The summed E-state index contributed by atoms with van der Waals surface area (Å²) >= 11 is 0. The minimum Gasteiger partial charge on any atom is -0.494 e. The molecule has 0 N–H and O–H groups in total. The molecule has 1 saturated heterocycles. The quantitative estimate of drug-likeness (QED) is 0.598. The van der Waals surface area contributed by atoms with Crippen LogP contribution < -0.4 is 9.47 Å². The van der Waals surface area contributed by atoms with Gasteiger partial charge in [0.25, 0.3) is 0 Å². The third-order valence-corrected chi connectivity index (χ3v) is 6.10. The molecule has 5 nitrogen and oxygen atoms in total. The minimum atomic E-state index is -3.16. The Labute approximate surface area is 168 Å². The molecule has 0 bridgehead atoms. The second-order valence-electron chi connectivity index (χ2n) is 7.38. The molecule has 0 amide bonds. The second-order valence-corrected chi connectivity index (χ2v) is 9.39. The third-order valence-electron chi connectivity index (χ3n) is 4.97. The Balaban J connectivity index is 1.35. The lowest BCUT2D eigenvalue weighted by Crippen LogP contribution is -2.38. The van der Waals surface area contributed by atoms with Crippen LogP contribution in [0.15, 0.2) is 59.5 Å². The smallest absolute Gasteiger partial charge is 0.175 e. The number of rotatable bonds is 9. The van der Waals surface area contributed by atoms with Gasteiger partial charge < -0.3 is 14.4 Å². The van der Waals surface area contributed by atoms with Crippen LogP contribution in [0.2, 0.25) is 0 Å². The number of nitrogens with zero attached hydrogens (tertiary/aromatic N) is 1. The predicted molar refractivity (Wildman–Crippen MR) is 111 cm³/mol. The lowest BCUT2D eigenvalue weighted by Gasteiger charge is -2.32. The van der Waals surface area contributed by atoms with E-state index in [0.29, 0.717) is 23.2 Å². The topological polar surface area (TPSA) is 55.8 Å². The van der Waals surface area contributed by atoms with Gasteiger partial charge in [-0.2, -0.15) is 0 Å². The number of para-hydroxylation sites is 1. The number of hydrogen-bond donors (Lipinski definition) is 0. The van der Waals surface area contributed by atoms with Crippen LogP contribution in [0, 0.1) is 5.92 Å². The highest BCUT2D eigenvalue weighted by molar-refractivity contribution is 7.90. The van der Waals surface area contributed by atoms with E-state index in [4.69, 9.17) is 9.47 Å². The van der Waals surface area contributed by atoms with Crippen molar-refractivity contribution in [2.75, 3.05) is 39.1 Å². The zero-order valence-corrected chi connectivity index (χ0v) is 17.2. The SMILES string of the molecule is CS(=O)(=O)c1ccc(OCCCN2CCCC(COc3ccccc3)C2)cc1. The van der Waals surface area contributed by atoms with Crippen molar-refractivity contribution in [3.63, 3.8) is 0 Å². The Morgan fingerprint density at radius 1 is 1.00 bits per heavy atom. The first-order chi connectivity index (χ1) is 13.5. The van der Waals surface area contributed by atoms with Gasteiger partial charge in [-0.1, -0.05) is 18.2 Å². The van der Waals surface area contributed by atoms with Gasteiger partial charge in [0.1, 0.15) is 11.5 Å². The molecule has 0 spiro atoms. The maximum atomic E-state index is 11.5. The highest BCUT2D eigenvalue weighted by Crippen LogP contribution is 2.19. The van der Waals surface area contributed by atoms with Gasteiger partial charge in [0.2, 0.25) is 0 Å². The molecule has 0 aliphatic carbocycles. The van der Waals surface area contributed by atoms with Gasteiger partial charge in [-0.05, 0) is 62.2 Å². The van der Waals surface area contributed by atoms with Crippen molar-refractivity contribution >= 4 is 9.84 Å². The summed E-state index contributed by atoms with van der Waals surface area (Å²) in [5, 5.41) is 0. The van der Waals surface area contributed by atoms with E-state index in [0.717, 1.165) is 38.4 Å². The Morgan fingerprint density at radius 3 is 2.43 bits per heavy atom. The molecule has 1 fully saturated rings. The first kappa shape index (κ1) is 20.7. The predicted octanol–water partition coefficient (Wildman–Crippen LogP) is 3.65. The summed E-state index contributed by atoms with van der Waals surface area (Å²) < 4.78 is 34.6. The molecule has 1 unspecified atom stereocenters. The summed E-state index contributed by atoms with van der Waals surface area (Å²) in [6.07, 6.45) is 4.57. The summed E-state index contributed by atoms with van der Waals surface area (Å²) in [7, 11) is -3.16. The lowest BCUT2D eigenvalue weighted by atomic mass is 9.99. The molecule has 1 aliphatic heterocycles. The molecule has 0 radical (unpaired) electrons. The van der Waals surface area contributed by atoms with Gasteiger partial charge in [0.15, 0.2) is 9.84 Å². The van der Waals surface area contributed by atoms with Crippen LogP contribution in [-0.2, 0) is 9.84 Å². The van der Waals surface area contributed by atoms with Gasteiger partial charge in [-0.3, -0.25) is 0 Å². The summed E-state index contributed by atoms with van der Waals surface area (Å²) in [6, 6.07) is 16.6. The van der Waals surface area contributed by atoms with Gasteiger partial charge in [0.05, 0.1) is 18.1 Å². The van der Waals surface area contributed by atoms with Crippen molar-refractivity contribution < 1.29 is 17.9 Å². The third kappa shape index (κ3) is 6.53. The van der Waals surface area contributed by atoms with Crippen LogP contribution >= 0.6 is 0 Å². The molecule has 1 heterocycles. The Morgan fingerprint density at radius 2 is 1.71 bits per heavy atom. The fourth-order valence-corrected chi connectivity index (χ4v) is 4.11. The van der Waals surface area contributed by atoms with Crippen molar-refractivity contribution in [2.45, 2.75) is 24.2 Å². The van der Waals surface area contributed by atoms with Crippen molar-refractivity contribution in [2.24, 2.45) is 5.92 Å². The van der Waals surface area contributed by atoms with E-state index in [1.807, 2.05) is 30.3 Å². The fraction of sp³-hybridized carbons (Fsp3) is 0.455. The molecular formula is C22H29NO4S. The highest BCUT2D eigenvalue weighted by Gasteiger charge is 2.20. The van der Waals surface area contributed by atoms with Crippen LogP contribution in [0.5, 0.6) is 11.5 Å². The van der Waals surface area contributed by atoms with Gasteiger partial charge >= 0.3 is 0 Å². The van der Waals surface area contributed by atoms with Crippen LogP contribution in [0.4, 0.5) is 0 Å². The van der Waals surface area contributed by atoms with E-state index < -0.39 is 9.84 Å². The largest absolute Gasteiger partial charge is 0.494 e. The van der Waals surface area contributed by atoms with Gasteiger partial charge in [-0.25, -0.2) is 8.42 Å². The molecule has 3 rings (SSSR count). The zero-order valence-electron chi connectivity index (χ0n) is 16.4. The van der Waals surface area contributed by atoms with Crippen LogP contribution in [0.25, 0.3) is 0 Å². The van der Waals surface area contributed by atoms with Crippen LogP contribution in [0.3, 0.4) is 0 Å². The van der Waals surface area contributed by atoms with E-state index in [1.165, 1.54) is 19.1 Å². The molecule has 2 aromatic rings. The van der Waals surface area contributed by atoms with Crippen molar-refractivity contribution in [1.29, 1.82) is 0 Å². The molecule has 152 valence electrons. The van der Waals surface area contributed by atoms with E-state index >= 15 is 0 Å². The molecular weight excluding hydrogens is 374 g/mol. The van der Waals surface area contributed by atoms with Crippen LogP contribution in [0.1, 0.15) is 19.3 Å². The van der Waals surface area contributed by atoms with E-state index in [1.54, 1.807) is 24.3 Å². The average Bonchev–Trinajstić information content (AvgIpc) is 2.70. The number of ether oxygens (including phenoxy) is 2. The normalized spacial score (nSPS) is 18.0. The monoisotopic (exact) mass is 403 g/mol. The zero-order chi connectivity index (χ0) is 19.8. The number of hydrogen-bond acceptors (Lipinski definition) is 5. The molecule has 0 aromatic heterocycles. The van der Waals surface area contributed by atoms with Crippen LogP contribution in [-0.4, -0.2) is 52.4 Å². The summed E-state index contributed by atoms with van der Waals surface area (Å²) in [5.74, 6) is 2.22. The summed E-state index contributed by atoms with van der Waals surface area (Å²) in [6.45, 7) is 4.59. The highest BCUT2D eigenvalue weighted by atomic mass is 32.2. The standard InChI is InChI=1S/C22H29NO4S/c1-28(24,25)22-12-10-21(11-13-22)26-16-6-15-23-14-5-7-19(17-23)18-27-20-8-3-2-4-9-20/h2-4,8-13,19H,5-7,14-18H2,1H3. The Kier molecular flexibility index (Phi) is 7.34. The number of benzene rings is 2. The molecule has 2 aromatic carbocycles. The molecule has 1 atom stereocenters. The first-order valence-electron chi connectivity index (χ1n) is 9.84. The Hall–Kier alpha value is -2.05. The van der Waals surface area contributed by atoms with E-state index in [-0.39, 0.29) is 0 Å². The van der Waals surface area contributed by atoms with Gasteiger partial charge in [0, 0.05) is 25.3 Å². The van der Waals surface area contributed by atoms with Gasteiger partial charge in [-0.15, -0.1) is 0 Å². The molecule has 1 aliphatic rings. The second kappa shape index (κ2) is 9.94. The molecule has 0 saturated carbocycles. The lowest BCUT2D eigenvalue weighted by molar-refractivity contribution is 0.124. The summed E-state index contributed by atoms with van der Waals surface area (Å²) in [5.41, 5.74) is 0. The number of sulfone groups is 1. The molecule has 28 heavy (non-hydrogen) atoms. The number of piperidine rings is 1. The summed E-state index contributed by atoms with van der Waals surface area (Å²) in [4.78, 5) is 2.80. The maximum Gasteiger partial charge on any atom is 0.175 e. The minimum absolute atomic E-state index is 0.317. The van der Waals surface area contributed by atoms with Crippen molar-refractivity contribution in [3.05, 3.63) is 54.6 Å².